The van der Waals surface area contributed by atoms with Gasteiger partial charge in [0, 0.05) is 12.4 Å². The highest BCUT2D eigenvalue weighted by atomic mass is 16.3. The highest BCUT2D eigenvalue weighted by Crippen LogP contribution is 2.61. The molecule has 1 heterocycles. The highest BCUT2D eigenvalue weighted by molar-refractivity contribution is 5.84. The van der Waals surface area contributed by atoms with Crippen molar-refractivity contribution in [3.63, 3.8) is 0 Å². The van der Waals surface area contributed by atoms with Crippen LogP contribution in [-0.4, -0.2) is 21.6 Å². The topological polar surface area (TPSA) is 62.2 Å². The highest BCUT2D eigenvalue weighted by Gasteiger charge is 2.60. The van der Waals surface area contributed by atoms with E-state index < -0.39 is 11.0 Å². The second-order valence-corrected chi connectivity index (χ2v) is 10.00. The summed E-state index contributed by atoms with van der Waals surface area (Å²) in [7, 11) is 0. The van der Waals surface area contributed by atoms with Gasteiger partial charge in [0.05, 0.1) is 17.1 Å². The van der Waals surface area contributed by atoms with Gasteiger partial charge in [-0.1, -0.05) is 18.2 Å². The van der Waals surface area contributed by atoms with Crippen LogP contribution in [0.4, 0.5) is 0 Å². The maximum Gasteiger partial charge on any atom is 0.227 e. The molecule has 1 amide bonds. The molecule has 0 spiro atoms. The first-order valence-corrected chi connectivity index (χ1v) is 10.9. The molecule has 4 aliphatic rings. The fraction of sp³-hybridized carbons (Fsp3) is 0.520. The molecule has 0 saturated heterocycles. The number of aliphatic hydroxyl groups is 1. The third-order valence-corrected chi connectivity index (χ3v) is 7.69. The Balaban J connectivity index is 1.48. The van der Waals surface area contributed by atoms with E-state index in [0.29, 0.717) is 18.3 Å². The van der Waals surface area contributed by atoms with Crippen LogP contribution >= 0.6 is 0 Å². The zero-order valence-corrected chi connectivity index (χ0v) is 17.3. The van der Waals surface area contributed by atoms with Crippen LogP contribution < -0.4 is 5.32 Å². The summed E-state index contributed by atoms with van der Waals surface area (Å²) in [5.41, 5.74) is 3.56. The van der Waals surface area contributed by atoms with Crippen LogP contribution in [0.5, 0.6) is 0 Å². The summed E-state index contributed by atoms with van der Waals surface area (Å²) in [6.07, 6.45) is 8.97. The number of pyridine rings is 1. The van der Waals surface area contributed by atoms with Crippen LogP contribution in [0.25, 0.3) is 0 Å². The molecule has 0 radical (unpaired) electrons. The van der Waals surface area contributed by atoms with Crippen LogP contribution in [0.1, 0.15) is 66.8 Å². The van der Waals surface area contributed by atoms with E-state index in [1.165, 1.54) is 17.5 Å². The van der Waals surface area contributed by atoms with Gasteiger partial charge in [0.25, 0.3) is 0 Å². The first-order chi connectivity index (χ1) is 13.9. The zero-order chi connectivity index (χ0) is 20.2. The number of hydrogen-bond donors (Lipinski definition) is 2. The maximum absolute atomic E-state index is 13.7. The van der Waals surface area contributed by atoms with Gasteiger partial charge in [-0.05, 0) is 98.6 Å². The molecule has 1 aromatic heterocycles. The van der Waals surface area contributed by atoms with Crippen molar-refractivity contribution in [3.8, 4) is 0 Å². The Morgan fingerprint density at radius 3 is 2.34 bits per heavy atom. The summed E-state index contributed by atoms with van der Waals surface area (Å²) in [4.78, 5) is 17.9. The summed E-state index contributed by atoms with van der Waals surface area (Å²) in [5.74, 6) is 1.10. The predicted octanol–water partition coefficient (Wildman–Crippen LogP) is 4.24. The van der Waals surface area contributed by atoms with Crippen LogP contribution in [0.2, 0.25) is 0 Å². The van der Waals surface area contributed by atoms with Gasteiger partial charge in [-0.2, -0.15) is 0 Å². The van der Waals surface area contributed by atoms with Gasteiger partial charge in [-0.15, -0.1) is 0 Å². The number of nitrogens with zero attached hydrogens (tertiary/aromatic N) is 1. The summed E-state index contributed by atoms with van der Waals surface area (Å²) in [5, 5.41) is 14.5. The molecule has 4 bridgehead atoms. The number of carbonyl (C=O) groups excluding carboxylic acids is 1. The molecular formula is C25H30N2O2. The van der Waals surface area contributed by atoms with E-state index in [0.717, 1.165) is 36.8 Å². The van der Waals surface area contributed by atoms with E-state index in [4.69, 9.17) is 0 Å². The SMILES string of the molecule is Cc1ccc([C@H](NC(=O)C23C[C@H]4C[C@@H](CC(O)(C4)C2)C3)c2ccncc2)cc1C. The third kappa shape index (κ3) is 3.28. The quantitative estimate of drug-likeness (QED) is 0.821. The molecule has 2 aromatic rings. The zero-order valence-electron chi connectivity index (χ0n) is 17.3. The van der Waals surface area contributed by atoms with Crippen molar-refractivity contribution < 1.29 is 9.90 Å². The molecule has 4 aliphatic carbocycles. The summed E-state index contributed by atoms with van der Waals surface area (Å²) < 4.78 is 0. The fourth-order valence-corrected chi connectivity index (χ4v) is 6.62. The first-order valence-electron chi connectivity index (χ1n) is 10.9. The minimum atomic E-state index is -0.631. The van der Waals surface area contributed by atoms with Gasteiger partial charge in [0.2, 0.25) is 5.91 Å². The van der Waals surface area contributed by atoms with Crippen molar-refractivity contribution in [2.24, 2.45) is 17.3 Å². The minimum Gasteiger partial charge on any atom is -0.390 e. The van der Waals surface area contributed by atoms with Gasteiger partial charge in [-0.25, -0.2) is 0 Å². The van der Waals surface area contributed by atoms with Crippen molar-refractivity contribution in [1.82, 2.24) is 10.3 Å². The van der Waals surface area contributed by atoms with Crippen molar-refractivity contribution in [2.75, 3.05) is 0 Å². The molecule has 4 saturated carbocycles. The van der Waals surface area contributed by atoms with Crippen LogP contribution in [0.3, 0.4) is 0 Å². The average molecular weight is 391 g/mol. The predicted molar refractivity (Wildman–Crippen MR) is 112 cm³/mol. The lowest BCUT2D eigenvalue weighted by Gasteiger charge is -2.59. The molecule has 4 heteroatoms. The second kappa shape index (κ2) is 6.66. The molecular weight excluding hydrogens is 360 g/mol. The lowest BCUT2D eigenvalue weighted by molar-refractivity contribution is -0.178. The smallest absolute Gasteiger partial charge is 0.227 e. The van der Waals surface area contributed by atoms with Crippen molar-refractivity contribution in [1.29, 1.82) is 0 Å². The van der Waals surface area contributed by atoms with Gasteiger partial charge in [0.15, 0.2) is 0 Å². The largest absolute Gasteiger partial charge is 0.390 e. The number of aromatic nitrogens is 1. The molecule has 29 heavy (non-hydrogen) atoms. The lowest BCUT2D eigenvalue weighted by atomic mass is 9.47. The van der Waals surface area contributed by atoms with Gasteiger partial charge in [0.1, 0.15) is 0 Å². The van der Waals surface area contributed by atoms with Crippen LogP contribution in [-0.2, 0) is 4.79 Å². The number of aryl methyl sites for hydroxylation is 2. The van der Waals surface area contributed by atoms with Crippen molar-refractivity contribution in [2.45, 2.75) is 64.0 Å². The van der Waals surface area contributed by atoms with Gasteiger partial charge < -0.3 is 10.4 Å². The Bertz CT molecular complexity index is 925. The van der Waals surface area contributed by atoms with Gasteiger partial charge >= 0.3 is 0 Å². The van der Waals surface area contributed by atoms with Gasteiger partial charge in [-0.3, -0.25) is 9.78 Å². The Kier molecular flexibility index (Phi) is 4.32. The molecule has 4 fully saturated rings. The second-order valence-electron chi connectivity index (χ2n) is 10.00. The van der Waals surface area contributed by atoms with Crippen molar-refractivity contribution in [3.05, 3.63) is 65.0 Å². The summed E-state index contributed by atoms with van der Waals surface area (Å²) >= 11 is 0. The number of hydrogen-bond acceptors (Lipinski definition) is 3. The number of amides is 1. The number of nitrogens with one attached hydrogen (secondary N) is 1. The Labute approximate surface area is 172 Å². The number of benzene rings is 1. The Morgan fingerprint density at radius 2 is 1.72 bits per heavy atom. The lowest BCUT2D eigenvalue weighted by Crippen LogP contribution is -2.60. The van der Waals surface area contributed by atoms with E-state index in [2.05, 4.69) is 42.3 Å². The maximum atomic E-state index is 13.7. The van der Waals surface area contributed by atoms with E-state index >= 15 is 0 Å². The van der Waals surface area contributed by atoms with E-state index in [9.17, 15) is 9.90 Å². The van der Waals surface area contributed by atoms with Crippen LogP contribution in [0.15, 0.2) is 42.7 Å². The van der Waals surface area contributed by atoms with Crippen LogP contribution in [0, 0.1) is 31.1 Å². The first kappa shape index (κ1) is 18.8. The van der Waals surface area contributed by atoms with E-state index in [1.54, 1.807) is 12.4 Å². The molecule has 3 atom stereocenters. The number of rotatable bonds is 4. The summed E-state index contributed by atoms with van der Waals surface area (Å²) in [6.45, 7) is 4.22. The molecule has 2 N–H and O–H groups in total. The molecule has 0 unspecified atom stereocenters. The molecule has 1 aromatic carbocycles. The average Bonchev–Trinajstić information content (AvgIpc) is 2.67. The van der Waals surface area contributed by atoms with E-state index in [1.807, 2.05) is 12.1 Å². The third-order valence-electron chi connectivity index (χ3n) is 7.69. The fourth-order valence-electron chi connectivity index (χ4n) is 6.62. The summed E-state index contributed by atoms with van der Waals surface area (Å²) in [6, 6.07) is 10.2. The molecule has 152 valence electrons. The number of carbonyl (C=O) groups is 1. The Morgan fingerprint density at radius 1 is 1.03 bits per heavy atom. The normalized spacial score (nSPS) is 33.5. The minimum absolute atomic E-state index is 0.116. The molecule has 0 aliphatic heterocycles. The molecule has 6 rings (SSSR count). The van der Waals surface area contributed by atoms with Crippen molar-refractivity contribution >= 4 is 5.91 Å². The standard InChI is InChI=1S/C25H30N2O2/c1-16-3-4-21(9-17(16)2)22(20-5-7-26-8-6-20)27-23(28)24-11-18-10-19(12-24)14-25(29,13-18)15-24/h3-9,18-19,22,29H,10-15H2,1-2H3,(H,27,28)/t18-,19-,22-,24?,25?/m1/s1. The molecule has 4 nitrogen and oxygen atoms in total. The van der Waals surface area contributed by atoms with E-state index in [-0.39, 0.29) is 11.9 Å². The monoisotopic (exact) mass is 390 g/mol. The Hall–Kier alpha value is -2.20.